The van der Waals surface area contributed by atoms with E-state index in [-0.39, 0.29) is 29.7 Å². The molecule has 2 atom stereocenters. The molecular weight excluding hydrogens is 222 g/mol. The van der Waals surface area contributed by atoms with Crippen LogP contribution in [0.25, 0.3) is 0 Å². The molecule has 2 rings (SSSR count). The summed E-state index contributed by atoms with van der Waals surface area (Å²) in [7, 11) is 0. The van der Waals surface area contributed by atoms with Crippen molar-refractivity contribution in [3.05, 3.63) is 0 Å². The second-order valence-electron chi connectivity index (χ2n) is 4.66. The first-order valence-electron chi connectivity index (χ1n) is 6.07. The highest BCUT2D eigenvalue weighted by Crippen LogP contribution is 2.28. The largest absolute Gasteiger partial charge is 0.379 e. The minimum atomic E-state index is -0.255. The maximum atomic E-state index is 11.7. The summed E-state index contributed by atoms with van der Waals surface area (Å²) in [5.41, 5.74) is 5.72. The van der Waals surface area contributed by atoms with Crippen molar-refractivity contribution in [3.63, 3.8) is 0 Å². The zero-order valence-corrected chi connectivity index (χ0v) is 9.78. The van der Waals surface area contributed by atoms with Gasteiger partial charge in [-0.25, -0.2) is 0 Å². The van der Waals surface area contributed by atoms with Crippen LogP contribution in [-0.4, -0.2) is 44.2 Å². The third kappa shape index (κ3) is 3.41. The highest BCUT2D eigenvalue weighted by Gasteiger charge is 2.31. The minimum Gasteiger partial charge on any atom is -0.379 e. The molecule has 0 aromatic carbocycles. The van der Waals surface area contributed by atoms with Crippen LogP contribution in [0, 0.1) is 11.8 Å². The van der Waals surface area contributed by atoms with Gasteiger partial charge in [0.15, 0.2) is 0 Å². The Morgan fingerprint density at radius 1 is 1.12 bits per heavy atom. The Balaban J connectivity index is 1.58. The molecule has 1 saturated carbocycles. The van der Waals surface area contributed by atoms with Crippen LogP contribution in [0.2, 0.25) is 0 Å². The number of hydrogen-bond acceptors (Lipinski definition) is 4. The normalized spacial score (nSPS) is 27.8. The molecule has 1 heterocycles. The van der Waals surface area contributed by atoms with E-state index in [1.165, 1.54) is 0 Å². The number of nitrogens with two attached hydrogens (primary N) is 1. The van der Waals surface area contributed by atoms with Gasteiger partial charge in [-0.1, -0.05) is 0 Å². The monoisotopic (exact) mass is 241 g/mol. The smallest absolute Gasteiger partial charge is 0.227 e. The standard InChI is InChI=1S/C11H19N3O3/c12-9-6-17-5-8(9)11(16)14-4-3-13-10(15)7-1-2-7/h7-9H,1-6,12H2,(H,13,15)(H,14,16). The number of carbonyl (C=O) groups is 2. The summed E-state index contributed by atoms with van der Waals surface area (Å²) in [5, 5.41) is 5.54. The Bertz CT molecular complexity index is 304. The number of ether oxygens (including phenoxy) is 1. The van der Waals surface area contributed by atoms with Gasteiger partial charge in [-0.2, -0.15) is 0 Å². The highest BCUT2D eigenvalue weighted by molar-refractivity contribution is 5.81. The molecule has 4 N–H and O–H groups in total. The zero-order valence-electron chi connectivity index (χ0n) is 9.78. The molecule has 96 valence electrons. The Morgan fingerprint density at radius 2 is 1.76 bits per heavy atom. The summed E-state index contributed by atoms with van der Waals surface area (Å²) in [4.78, 5) is 23.0. The molecular formula is C11H19N3O3. The van der Waals surface area contributed by atoms with Crippen LogP contribution in [0.1, 0.15) is 12.8 Å². The topological polar surface area (TPSA) is 93.4 Å². The van der Waals surface area contributed by atoms with Gasteiger partial charge in [-0.05, 0) is 12.8 Å². The Morgan fingerprint density at radius 3 is 2.29 bits per heavy atom. The lowest BCUT2D eigenvalue weighted by molar-refractivity contribution is -0.126. The summed E-state index contributed by atoms with van der Waals surface area (Å²) >= 11 is 0. The molecule has 2 amide bonds. The van der Waals surface area contributed by atoms with Crippen LogP contribution in [-0.2, 0) is 14.3 Å². The van der Waals surface area contributed by atoms with Crippen molar-refractivity contribution in [2.45, 2.75) is 18.9 Å². The summed E-state index contributed by atoms with van der Waals surface area (Å²) in [6.07, 6.45) is 1.99. The van der Waals surface area contributed by atoms with E-state index in [1.807, 2.05) is 0 Å². The van der Waals surface area contributed by atoms with Crippen LogP contribution in [0.15, 0.2) is 0 Å². The molecule has 17 heavy (non-hydrogen) atoms. The second-order valence-corrected chi connectivity index (χ2v) is 4.66. The molecule has 2 aliphatic rings. The van der Waals surface area contributed by atoms with Crippen molar-refractivity contribution in [2.75, 3.05) is 26.3 Å². The lowest BCUT2D eigenvalue weighted by Gasteiger charge is -2.13. The quantitative estimate of drug-likeness (QED) is 0.516. The first-order valence-corrected chi connectivity index (χ1v) is 6.07. The molecule has 6 heteroatoms. The minimum absolute atomic E-state index is 0.0873. The van der Waals surface area contributed by atoms with Crippen LogP contribution in [0.4, 0.5) is 0 Å². The molecule has 6 nitrogen and oxygen atoms in total. The average Bonchev–Trinajstić information content (AvgIpc) is 3.07. The van der Waals surface area contributed by atoms with Crippen molar-refractivity contribution in [2.24, 2.45) is 17.6 Å². The third-order valence-corrected chi connectivity index (χ3v) is 3.13. The van der Waals surface area contributed by atoms with Crippen LogP contribution in [0.5, 0.6) is 0 Å². The molecule has 0 spiro atoms. The first kappa shape index (κ1) is 12.3. The molecule has 2 fully saturated rings. The average molecular weight is 241 g/mol. The van der Waals surface area contributed by atoms with E-state index in [0.717, 1.165) is 12.8 Å². The Hall–Kier alpha value is -1.14. The van der Waals surface area contributed by atoms with Crippen molar-refractivity contribution in [1.82, 2.24) is 10.6 Å². The second kappa shape index (κ2) is 5.46. The molecule has 2 unspecified atom stereocenters. The Kier molecular flexibility index (Phi) is 3.96. The van der Waals surface area contributed by atoms with Crippen LogP contribution < -0.4 is 16.4 Å². The zero-order chi connectivity index (χ0) is 12.3. The van der Waals surface area contributed by atoms with E-state index in [9.17, 15) is 9.59 Å². The fourth-order valence-electron chi connectivity index (χ4n) is 1.83. The SMILES string of the molecule is NC1COCC1C(=O)NCCNC(=O)C1CC1. The van der Waals surface area contributed by atoms with Crippen molar-refractivity contribution in [3.8, 4) is 0 Å². The van der Waals surface area contributed by atoms with Gasteiger partial charge < -0.3 is 21.1 Å². The molecule has 0 bridgehead atoms. The maximum absolute atomic E-state index is 11.7. The van der Waals surface area contributed by atoms with Gasteiger partial charge in [0.05, 0.1) is 19.1 Å². The van der Waals surface area contributed by atoms with E-state index < -0.39 is 0 Å². The summed E-state index contributed by atoms with van der Waals surface area (Å²) in [5.74, 6) is -0.0349. The van der Waals surface area contributed by atoms with Gasteiger partial charge in [-0.3, -0.25) is 9.59 Å². The number of rotatable bonds is 5. The highest BCUT2D eigenvalue weighted by atomic mass is 16.5. The molecule has 0 aromatic heterocycles. The number of amides is 2. The fraction of sp³-hybridized carbons (Fsp3) is 0.818. The van der Waals surface area contributed by atoms with E-state index in [2.05, 4.69) is 10.6 Å². The number of hydrogen-bond donors (Lipinski definition) is 3. The van der Waals surface area contributed by atoms with Crippen molar-refractivity contribution >= 4 is 11.8 Å². The lowest BCUT2D eigenvalue weighted by Crippen LogP contribution is -2.43. The van der Waals surface area contributed by atoms with E-state index in [4.69, 9.17) is 10.5 Å². The van der Waals surface area contributed by atoms with Gasteiger partial charge >= 0.3 is 0 Å². The summed E-state index contributed by atoms with van der Waals surface area (Å²) in [6.45, 7) is 1.75. The Labute approximate surface area is 100 Å². The van der Waals surface area contributed by atoms with Gasteiger partial charge in [0.2, 0.25) is 11.8 Å². The summed E-state index contributed by atoms with van der Waals surface area (Å²) < 4.78 is 5.12. The van der Waals surface area contributed by atoms with Gasteiger partial charge in [-0.15, -0.1) is 0 Å². The predicted molar refractivity (Wildman–Crippen MR) is 61.0 cm³/mol. The molecule has 0 radical (unpaired) electrons. The number of nitrogens with one attached hydrogen (secondary N) is 2. The first-order chi connectivity index (χ1) is 8.18. The van der Waals surface area contributed by atoms with Gasteiger partial charge in [0.25, 0.3) is 0 Å². The number of carbonyl (C=O) groups excluding carboxylic acids is 2. The lowest BCUT2D eigenvalue weighted by atomic mass is 10.0. The van der Waals surface area contributed by atoms with Crippen molar-refractivity contribution in [1.29, 1.82) is 0 Å². The predicted octanol–water partition coefficient (Wildman–Crippen LogP) is -1.40. The van der Waals surface area contributed by atoms with E-state index in [1.54, 1.807) is 0 Å². The van der Waals surface area contributed by atoms with Crippen LogP contribution >= 0.6 is 0 Å². The van der Waals surface area contributed by atoms with Gasteiger partial charge in [0, 0.05) is 25.0 Å². The molecule has 0 aromatic rings. The fourth-order valence-corrected chi connectivity index (χ4v) is 1.83. The molecule has 1 saturated heterocycles. The van der Waals surface area contributed by atoms with Crippen LogP contribution in [0.3, 0.4) is 0 Å². The van der Waals surface area contributed by atoms with Crippen molar-refractivity contribution < 1.29 is 14.3 Å². The van der Waals surface area contributed by atoms with E-state index >= 15 is 0 Å². The maximum Gasteiger partial charge on any atom is 0.227 e. The third-order valence-electron chi connectivity index (χ3n) is 3.13. The molecule has 1 aliphatic carbocycles. The van der Waals surface area contributed by atoms with E-state index in [0.29, 0.717) is 26.3 Å². The molecule has 1 aliphatic heterocycles. The van der Waals surface area contributed by atoms with Gasteiger partial charge in [0.1, 0.15) is 0 Å². The summed E-state index contributed by atoms with van der Waals surface area (Å²) in [6, 6.07) is -0.212.